The minimum Gasteiger partial charge on any atom is -0.493 e. The fraction of sp³-hybridized carbons (Fsp3) is 0.632. The van der Waals surface area contributed by atoms with E-state index < -0.39 is 0 Å². The second-order valence-electron chi connectivity index (χ2n) is 7.63. The van der Waals surface area contributed by atoms with Crippen molar-refractivity contribution >= 4 is 5.96 Å². The van der Waals surface area contributed by atoms with Crippen LogP contribution < -0.4 is 15.8 Å². The summed E-state index contributed by atoms with van der Waals surface area (Å²) in [5.41, 5.74) is 7.36. The monoisotopic (exact) mass is 331 g/mol. The molecule has 24 heavy (non-hydrogen) atoms. The summed E-state index contributed by atoms with van der Waals surface area (Å²) in [5.74, 6) is 1.43. The number of nitrogens with two attached hydrogens (primary N) is 1. The van der Waals surface area contributed by atoms with E-state index in [4.69, 9.17) is 20.2 Å². The van der Waals surface area contributed by atoms with Crippen LogP contribution in [0.4, 0.5) is 0 Å². The van der Waals surface area contributed by atoms with E-state index in [9.17, 15) is 0 Å². The lowest BCUT2D eigenvalue weighted by Gasteiger charge is -2.52. The number of hydrogen-bond acceptors (Lipinski definition) is 3. The molecule has 5 heteroatoms. The molecule has 1 saturated carbocycles. The van der Waals surface area contributed by atoms with Crippen molar-refractivity contribution in [2.24, 2.45) is 16.1 Å². The predicted molar refractivity (Wildman–Crippen MR) is 96.2 cm³/mol. The van der Waals surface area contributed by atoms with Crippen molar-refractivity contribution in [2.75, 3.05) is 6.61 Å². The zero-order valence-electron chi connectivity index (χ0n) is 15.1. The lowest BCUT2D eigenvalue weighted by atomic mass is 9.64. The van der Waals surface area contributed by atoms with Crippen molar-refractivity contribution in [1.29, 1.82) is 0 Å². The van der Waals surface area contributed by atoms with Crippen molar-refractivity contribution in [3.8, 4) is 5.75 Å². The van der Waals surface area contributed by atoms with Crippen molar-refractivity contribution < 1.29 is 9.47 Å². The number of fused-ring (bicyclic) bond motifs is 1. The smallest absolute Gasteiger partial charge is 0.189 e. The molecule has 1 heterocycles. The molecule has 1 fully saturated rings. The van der Waals surface area contributed by atoms with Gasteiger partial charge in [0.1, 0.15) is 5.75 Å². The van der Waals surface area contributed by atoms with Gasteiger partial charge in [0.05, 0.1) is 24.9 Å². The second kappa shape index (κ2) is 6.63. The topological polar surface area (TPSA) is 68.9 Å². The van der Waals surface area contributed by atoms with Crippen LogP contribution in [0.15, 0.2) is 29.3 Å². The minimum absolute atomic E-state index is 0.0536. The SMILES string of the molecule is CC(C)OC1CC(NC(N)=NC2CCOc3ccccc32)C1(C)C. The van der Waals surface area contributed by atoms with Crippen LogP contribution in [0.1, 0.15) is 52.1 Å². The predicted octanol–water partition coefficient (Wildman–Crippen LogP) is 3.01. The highest BCUT2D eigenvalue weighted by Crippen LogP contribution is 2.43. The molecule has 3 atom stereocenters. The van der Waals surface area contributed by atoms with Gasteiger partial charge in [-0.2, -0.15) is 0 Å². The molecule has 132 valence electrons. The van der Waals surface area contributed by atoms with E-state index in [0.29, 0.717) is 18.6 Å². The molecule has 0 saturated heterocycles. The number of nitrogens with one attached hydrogen (secondary N) is 1. The Morgan fingerprint density at radius 2 is 2.12 bits per heavy atom. The molecule has 1 aliphatic heterocycles. The molecule has 0 radical (unpaired) electrons. The van der Waals surface area contributed by atoms with E-state index in [1.165, 1.54) is 0 Å². The summed E-state index contributed by atoms with van der Waals surface area (Å²) in [6.07, 6.45) is 2.34. The minimum atomic E-state index is 0.0536. The van der Waals surface area contributed by atoms with Crippen LogP contribution in [0.5, 0.6) is 5.75 Å². The number of guanidine groups is 1. The molecule has 1 aromatic rings. The molecule has 1 aliphatic carbocycles. The van der Waals surface area contributed by atoms with Gasteiger partial charge in [0.2, 0.25) is 0 Å². The van der Waals surface area contributed by atoms with Gasteiger partial charge in [0.15, 0.2) is 5.96 Å². The summed E-state index contributed by atoms with van der Waals surface area (Å²) in [4.78, 5) is 4.71. The fourth-order valence-electron chi connectivity index (χ4n) is 3.53. The molecular formula is C19H29N3O2. The highest BCUT2D eigenvalue weighted by atomic mass is 16.5. The average Bonchev–Trinajstić information content (AvgIpc) is 2.54. The number of para-hydroxylation sites is 1. The summed E-state index contributed by atoms with van der Waals surface area (Å²) in [6, 6.07) is 8.41. The maximum absolute atomic E-state index is 6.20. The van der Waals surface area contributed by atoms with Crippen molar-refractivity contribution in [3.63, 3.8) is 0 Å². The quantitative estimate of drug-likeness (QED) is 0.657. The Kier molecular flexibility index (Phi) is 4.72. The van der Waals surface area contributed by atoms with Crippen LogP contribution in [0.3, 0.4) is 0 Å². The van der Waals surface area contributed by atoms with Crippen LogP contribution in [0.2, 0.25) is 0 Å². The zero-order chi connectivity index (χ0) is 17.3. The number of rotatable bonds is 4. The Balaban J connectivity index is 1.64. The first-order valence-corrected chi connectivity index (χ1v) is 8.85. The Morgan fingerprint density at radius 1 is 1.38 bits per heavy atom. The van der Waals surface area contributed by atoms with Gasteiger partial charge in [-0.1, -0.05) is 32.0 Å². The first-order valence-electron chi connectivity index (χ1n) is 8.85. The van der Waals surface area contributed by atoms with Crippen LogP contribution in [0, 0.1) is 5.41 Å². The summed E-state index contributed by atoms with van der Waals surface area (Å²) >= 11 is 0. The van der Waals surface area contributed by atoms with Crippen LogP contribution in [0.25, 0.3) is 0 Å². The molecule has 3 unspecified atom stereocenters. The lowest BCUT2D eigenvalue weighted by Crippen LogP contribution is -2.63. The zero-order valence-corrected chi connectivity index (χ0v) is 15.1. The Labute approximate surface area is 144 Å². The van der Waals surface area contributed by atoms with Gasteiger partial charge in [-0.3, -0.25) is 0 Å². The number of ether oxygens (including phenoxy) is 2. The summed E-state index contributed by atoms with van der Waals surface area (Å²) < 4.78 is 11.7. The Hall–Kier alpha value is -1.75. The second-order valence-corrected chi connectivity index (χ2v) is 7.63. The highest BCUT2D eigenvalue weighted by molar-refractivity contribution is 5.78. The van der Waals surface area contributed by atoms with E-state index in [2.05, 4.69) is 39.1 Å². The van der Waals surface area contributed by atoms with Crippen LogP contribution >= 0.6 is 0 Å². The van der Waals surface area contributed by atoms with E-state index in [-0.39, 0.29) is 23.7 Å². The van der Waals surface area contributed by atoms with Gasteiger partial charge in [0, 0.05) is 23.4 Å². The molecule has 3 rings (SSSR count). The van der Waals surface area contributed by atoms with E-state index >= 15 is 0 Å². The first-order chi connectivity index (χ1) is 11.4. The van der Waals surface area contributed by atoms with Gasteiger partial charge < -0.3 is 20.5 Å². The Morgan fingerprint density at radius 3 is 2.83 bits per heavy atom. The number of benzene rings is 1. The van der Waals surface area contributed by atoms with Gasteiger partial charge in [-0.05, 0) is 26.3 Å². The average molecular weight is 331 g/mol. The van der Waals surface area contributed by atoms with Gasteiger partial charge in [0.25, 0.3) is 0 Å². The molecule has 1 aromatic carbocycles. The molecule has 0 amide bonds. The maximum Gasteiger partial charge on any atom is 0.189 e. The number of nitrogens with zero attached hydrogens (tertiary/aromatic N) is 1. The van der Waals surface area contributed by atoms with Crippen molar-refractivity contribution in [1.82, 2.24) is 5.32 Å². The molecule has 0 bridgehead atoms. The normalized spacial score (nSPS) is 28.7. The Bertz CT molecular complexity index is 612. The van der Waals surface area contributed by atoms with E-state index in [1.54, 1.807) is 0 Å². The molecule has 0 aromatic heterocycles. The summed E-state index contributed by atoms with van der Waals surface area (Å²) in [7, 11) is 0. The van der Waals surface area contributed by atoms with Crippen molar-refractivity contribution in [3.05, 3.63) is 29.8 Å². The highest BCUT2D eigenvalue weighted by Gasteiger charge is 2.49. The van der Waals surface area contributed by atoms with Crippen LogP contribution in [-0.2, 0) is 4.74 Å². The third-order valence-electron chi connectivity index (χ3n) is 5.16. The molecule has 5 nitrogen and oxygen atoms in total. The maximum atomic E-state index is 6.20. The number of hydrogen-bond donors (Lipinski definition) is 2. The molecule has 3 N–H and O–H groups in total. The first kappa shape index (κ1) is 17.1. The molecule has 2 aliphatic rings. The van der Waals surface area contributed by atoms with Crippen molar-refractivity contribution in [2.45, 2.75) is 64.8 Å². The van der Waals surface area contributed by atoms with Gasteiger partial charge >= 0.3 is 0 Å². The summed E-state index contributed by atoms with van der Waals surface area (Å²) in [6.45, 7) is 9.28. The van der Waals surface area contributed by atoms with E-state index in [1.807, 2.05) is 18.2 Å². The third kappa shape index (κ3) is 3.36. The third-order valence-corrected chi connectivity index (χ3v) is 5.16. The van der Waals surface area contributed by atoms with Gasteiger partial charge in [-0.15, -0.1) is 0 Å². The summed E-state index contributed by atoms with van der Waals surface area (Å²) in [5, 5.41) is 3.39. The lowest BCUT2D eigenvalue weighted by molar-refractivity contribution is -0.134. The fourth-order valence-corrected chi connectivity index (χ4v) is 3.53. The number of aliphatic imine (C=N–C) groups is 1. The standard InChI is InChI=1S/C19H29N3O2/c1-12(2)24-17-11-16(19(17,3)4)22-18(20)21-14-9-10-23-15-8-6-5-7-13(14)15/h5-8,12,14,16-17H,9-11H2,1-4H3,(H3,20,21,22). The molecule has 0 spiro atoms. The van der Waals surface area contributed by atoms with Crippen LogP contribution in [-0.4, -0.2) is 30.8 Å². The molecular weight excluding hydrogens is 302 g/mol. The van der Waals surface area contributed by atoms with Gasteiger partial charge in [-0.25, -0.2) is 4.99 Å². The van der Waals surface area contributed by atoms with E-state index in [0.717, 1.165) is 24.2 Å². The largest absolute Gasteiger partial charge is 0.493 e.